The second-order valence-corrected chi connectivity index (χ2v) is 9.06. The van der Waals surface area contributed by atoms with E-state index in [1.54, 1.807) is 12.1 Å². The van der Waals surface area contributed by atoms with Crippen molar-refractivity contribution in [1.82, 2.24) is 15.8 Å². The number of aliphatic hydroxyl groups is 1. The average molecular weight is 510 g/mol. The predicted octanol–water partition coefficient (Wildman–Crippen LogP) is 2.59. The van der Waals surface area contributed by atoms with Gasteiger partial charge in [-0.05, 0) is 68.0 Å². The zero-order chi connectivity index (χ0) is 26.5. The summed E-state index contributed by atoms with van der Waals surface area (Å²) in [6, 6.07) is 14.8. The number of ether oxygens (including phenoxy) is 2. The maximum absolute atomic E-state index is 13.5. The Morgan fingerprint density at radius 2 is 1.97 bits per heavy atom. The Bertz CT molecular complexity index is 1100. The molecule has 0 fully saturated rings. The first kappa shape index (κ1) is 27.9. The molecular formula is C26H35N7O4. The highest BCUT2D eigenvalue weighted by Crippen LogP contribution is 2.29. The first-order chi connectivity index (χ1) is 18.0. The Morgan fingerprint density at radius 1 is 1.22 bits per heavy atom. The summed E-state index contributed by atoms with van der Waals surface area (Å²) < 4.78 is 11.6. The number of aliphatic hydroxyl groups excluding tert-OH is 1. The van der Waals surface area contributed by atoms with E-state index in [4.69, 9.17) is 25.1 Å². The third-order valence-electron chi connectivity index (χ3n) is 5.87. The largest absolute Gasteiger partial charge is 0.494 e. The van der Waals surface area contributed by atoms with Gasteiger partial charge >= 0.3 is 0 Å². The van der Waals surface area contributed by atoms with E-state index in [9.17, 15) is 4.79 Å². The van der Waals surface area contributed by atoms with E-state index in [0.717, 1.165) is 29.7 Å². The van der Waals surface area contributed by atoms with Crippen LogP contribution < -0.4 is 15.6 Å². The minimum absolute atomic E-state index is 0.0676. The molecule has 2 aromatic rings. The zero-order valence-corrected chi connectivity index (χ0v) is 21.4. The Balaban J connectivity index is 1.82. The average Bonchev–Trinajstić information content (AvgIpc) is 3.33. The highest BCUT2D eigenvalue weighted by Gasteiger charge is 2.45. The predicted molar refractivity (Wildman–Crippen MR) is 141 cm³/mol. The number of nitrogens with zero attached hydrogens (tertiary/aromatic N) is 5. The molecule has 0 bridgehead atoms. The van der Waals surface area contributed by atoms with Gasteiger partial charge in [-0.2, -0.15) is 0 Å². The van der Waals surface area contributed by atoms with Crippen LogP contribution in [-0.4, -0.2) is 74.4 Å². The first-order valence-corrected chi connectivity index (χ1v) is 12.3. The maximum atomic E-state index is 13.5. The number of rotatable bonds is 15. The van der Waals surface area contributed by atoms with E-state index in [2.05, 4.69) is 25.8 Å². The van der Waals surface area contributed by atoms with Gasteiger partial charge < -0.3 is 19.5 Å². The number of hydrazine groups is 1. The fourth-order valence-electron chi connectivity index (χ4n) is 3.88. The molecule has 1 aliphatic rings. The second kappa shape index (κ2) is 14.2. The van der Waals surface area contributed by atoms with E-state index in [-0.39, 0.29) is 32.1 Å². The molecule has 3 N–H and O–H groups in total. The second-order valence-electron chi connectivity index (χ2n) is 9.06. The summed E-state index contributed by atoms with van der Waals surface area (Å²) in [6.07, 6.45) is 1.70. The molecule has 37 heavy (non-hydrogen) atoms. The molecule has 1 atom stereocenters. The summed E-state index contributed by atoms with van der Waals surface area (Å²) in [7, 11) is 4.00. The van der Waals surface area contributed by atoms with E-state index in [0.29, 0.717) is 31.2 Å². The highest BCUT2D eigenvalue weighted by molar-refractivity contribution is 6.00. The molecule has 2 aromatic carbocycles. The summed E-state index contributed by atoms with van der Waals surface area (Å²) in [5.41, 5.74) is 15.8. The van der Waals surface area contributed by atoms with Gasteiger partial charge in [0.2, 0.25) is 5.90 Å². The van der Waals surface area contributed by atoms with Crippen molar-refractivity contribution in [2.24, 2.45) is 10.1 Å². The molecule has 0 saturated carbocycles. The molecule has 11 nitrogen and oxygen atoms in total. The van der Waals surface area contributed by atoms with Crippen LogP contribution in [0.25, 0.3) is 10.4 Å². The van der Waals surface area contributed by atoms with Crippen LogP contribution in [0, 0.1) is 0 Å². The fraction of sp³-hybridized carbons (Fsp3) is 0.462. The number of carbonyl (C=O) groups excluding carboxylic acids is 1. The maximum Gasteiger partial charge on any atom is 0.266 e. The number of hydrogen-bond acceptors (Lipinski definition) is 8. The lowest BCUT2D eigenvalue weighted by Crippen LogP contribution is -2.53. The topological polar surface area (TPSA) is 144 Å². The Morgan fingerprint density at radius 3 is 2.68 bits per heavy atom. The smallest absolute Gasteiger partial charge is 0.266 e. The molecule has 0 aliphatic carbocycles. The fourth-order valence-corrected chi connectivity index (χ4v) is 3.88. The van der Waals surface area contributed by atoms with Gasteiger partial charge in [0, 0.05) is 36.5 Å². The zero-order valence-electron chi connectivity index (χ0n) is 21.4. The van der Waals surface area contributed by atoms with Crippen molar-refractivity contribution < 1.29 is 19.4 Å². The first-order valence-electron chi connectivity index (χ1n) is 12.3. The number of nitrogens with one attached hydrogen (secondary N) is 2. The molecular weight excluding hydrogens is 474 g/mol. The molecule has 1 aliphatic heterocycles. The third-order valence-corrected chi connectivity index (χ3v) is 5.87. The molecule has 1 heterocycles. The molecule has 0 saturated heterocycles. The summed E-state index contributed by atoms with van der Waals surface area (Å²) in [5, 5.41) is 12.6. The summed E-state index contributed by atoms with van der Waals surface area (Å²) in [5.74, 6) is 0.751. The van der Waals surface area contributed by atoms with Gasteiger partial charge in [0.15, 0.2) is 5.54 Å². The molecule has 0 unspecified atom stereocenters. The van der Waals surface area contributed by atoms with E-state index >= 15 is 0 Å². The summed E-state index contributed by atoms with van der Waals surface area (Å²) in [6.45, 7) is 2.26. The van der Waals surface area contributed by atoms with Crippen LogP contribution in [0.4, 0.5) is 0 Å². The van der Waals surface area contributed by atoms with Gasteiger partial charge in [-0.1, -0.05) is 29.4 Å². The lowest BCUT2D eigenvalue weighted by molar-refractivity contribution is -0.127. The minimum atomic E-state index is -1.20. The van der Waals surface area contributed by atoms with Gasteiger partial charge in [0.05, 0.1) is 13.2 Å². The standard InChI is InChI=1S/C26H35N7O4/c1-33(2)14-5-13-28-31-25(35)26(17-21-7-3-4-8-22(21)18-29-32-27)19-37-24(30-26)20-9-11-23(12-10-20)36-16-6-15-34/h3-4,7-12,28,34H,5-6,13-19H2,1-2H3,(H,31,35)/t26-/m0/s1. The number of aliphatic imine (C=N–C) groups is 1. The number of hydrogen-bond donors (Lipinski definition) is 3. The van der Waals surface area contributed by atoms with Crippen LogP contribution >= 0.6 is 0 Å². The molecule has 0 radical (unpaired) electrons. The van der Waals surface area contributed by atoms with Gasteiger partial charge in [-0.25, -0.2) is 10.4 Å². The van der Waals surface area contributed by atoms with E-state index in [1.807, 2.05) is 50.5 Å². The van der Waals surface area contributed by atoms with Crippen molar-refractivity contribution >= 4 is 11.8 Å². The summed E-state index contributed by atoms with van der Waals surface area (Å²) >= 11 is 0. The monoisotopic (exact) mass is 509 g/mol. The molecule has 1 amide bonds. The summed E-state index contributed by atoms with van der Waals surface area (Å²) in [4.78, 5) is 23.2. The molecule has 3 rings (SSSR count). The number of benzene rings is 2. The Kier molecular flexibility index (Phi) is 10.7. The Hall–Kier alpha value is -3.63. The van der Waals surface area contributed by atoms with Crippen LogP contribution in [0.3, 0.4) is 0 Å². The normalized spacial score (nSPS) is 16.6. The van der Waals surface area contributed by atoms with Crippen LogP contribution in [0.5, 0.6) is 5.75 Å². The van der Waals surface area contributed by atoms with Gasteiger partial charge in [0.1, 0.15) is 12.4 Å². The van der Waals surface area contributed by atoms with Crippen molar-refractivity contribution in [2.45, 2.75) is 31.3 Å². The van der Waals surface area contributed by atoms with Crippen molar-refractivity contribution in [3.63, 3.8) is 0 Å². The number of azide groups is 1. The van der Waals surface area contributed by atoms with E-state index in [1.165, 1.54) is 0 Å². The lowest BCUT2D eigenvalue weighted by Gasteiger charge is -2.24. The number of carbonyl (C=O) groups is 1. The quantitative estimate of drug-likeness (QED) is 0.111. The molecule has 0 spiro atoms. The van der Waals surface area contributed by atoms with Crippen LogP contribution in [0.1, 0.15) is 29.5 Å². The SMILES string of the molecule is CN(C)CCCNNC(=O)[C@]1(Cc2ccccc2CN=[N+]=[N-])COC(c2ccc(OCCCO)cc2)=N1. The van der Waals surface area contributed by atoms with Crippen LogP contribution in [-0.2, 0) is 22.5 Å². The Labute approximate surface area is 217 Å². The van der Waals surface area contributed by atoms with Crippen LogP contribution in [0.2, 0.25) is 0 Å². The van der Waals surface area contributed by atoms with Gasteiger partial charge in [-0.15, -0.1) is 0 Å². The minimum Gasteiger partial charge on any atom is -0.494 e. The van der Waals surface area contributed by atoms with Crippen molar-refractivity contribution in [1.29, 1.82) is 0 Å². The molecule has 0 aromatic heterocycles. The van der Waals surface area contributed by atoms with Crippen molar-refractivity contribution in [2.75, 3.05) is 47.0 Å². The highest BCUT2D eigenvalue weighted by atomic mass is 16.5. The van der Waals surface area contributed by atoms with Crippen LogP contribution in [0.15, 0.2) is 58.6 Å². The number of amides is 1. The van der Waals surface area contributed by atoms with Gasteiger partial charge in [0.25, 0.3) is 5.91 Å². The lowest BCUT2D eigenvalue weighted by atomic mass is 9.89. The van der Waals surface area contributed by atoms with E-state index < -0.39 is 5.54 Å². The van der Waals surface area contributed by atoms with Crippen molar-refractivity contribution in [3.05, 3.63) is 75.7 Å². The molecule has 198 valence electrons. The van der Waals surface area contributed by atoms with Gasteiger partial charge in [-0.3, -0.25) is 10.2 Å². The molecule has 11 heteroatoms. The third kappa shape index (κ3) is 8.19. The van der Waals surface area contributed by atoms with Crippen molar-refractivity contribution in [3.8, 4) is 5.75 Å².